The van der Waals surface area contributed by atoms with Crippen molar-refractivity contribution in [3.63, 3.8) is 0 Å². The first-order chi connectivity index (χ1) is 8.93. The summed E-state index contributed by atoms with van der Waals surface area (Å²) in [7, 11) is 1.56. The predicted octanol–water partition coefficient (Wildman–Crippen LogP) is 1.85. The zero-order valence-electron chi connectivity index (χ0n) is 10.6. The van der Waals surface area contributed by atoms with Crippen molar-refractivity contribution in [2.45, 2.75) is 31.1 Å². The summed E-state index contributed by atoms with van der Waals surface area (Å²) in [4.78, 5) is 23.8. The van der Waals surface area contributed by atoms with E-state index in [-0.39, 0.29) is 18.7 Å². The number of carboxylic acid groups (broad SMARTS) is 1. The topological polar surface area (TPSA) is 57.6 Å². The van der Waals surface area contributed by atoms with Gasteiger partial charge in [-0.15, -0.1) is 0 Å². The second-order valence-electron chi connectivity index (χ2n) is 5.45. The van der Waals surface area contributed by atoms with Crippen molar-refractivity contribution in [2.75, 3.05) is 11.9 Å². The fraction of sp³-hybridized carbons (Fsp3) is 0.429. The number of fused-ring (bicyclic) bond motifs is 1. The largest absolute Gasteiger partial charge is 0.481 e. The quantitative estimate of drug-likeness (QED) is 0.905. The van der Waals surface area contributed by atoms with Crippen LogP contribution < -0.4 is 4.90 Å². The van der Waals surface area contributed by atoms with Crippen LogP contribution in [0.2, 0.25) is 0 Å². The average molecular weight is 263 g/mol. The Balaban J connectivity index is 2.03. The minimum absolute atomic E-state index is 0.0228. The number of nitrogens with zero attached hydrogens (tertiary/aromatic N) is 1. The van der Waals surface area contributed by atoms with Gasteiger partial charge < -0.3 is 10.0 Å². The van der Waals surface area contributed by atoms with E-state index >= 15 is 0 Å². The summed E-state index contributed by atoms with van der Waals surface area (Å²) in [6.45, 7) is 0. The number of amides is 1. The van der Waals surface area contributed by atoms with Crippen molar-refractivity contribution >= 4 is 17.6 Å². The van der Waals surface area contributed by atoms with Gasteiger partial charge >= 0.3 is 5.97 Å². The monoisotopic (exact) mass is 263 g/mol. The molecule has 1 aromatic carbocycles. The standard InChI is InChI=1S/C14H14FNO3/c1-16-11(17)5-8-4-9(6-10(15)13(8)16)14(2-3-14)7-12(18)19/h4,6H,2-3,5,7H2,1H3,(H,18,19). The molecule has 19 heavy (non-hydrogen) atoms. The van der Waals surface area contributed by atoms with Crippen LogP contribution in [0.25, 0.3) is 0 Å². The lowest BCUT2D eigenvalue weighted by Gasteiger charge is -2.16. The number of carboxylic acids is 1. The van der Waals surface area contributed by atoms with E-state index in [1.54, 1.807) is 13.1 Å². The molecule has 0 bridgehead atoms. The number of anilines is 1. The first-order valence-electron chi connectivity index (χ1n) is 6.24. The molecule has 4 nitrogen and oxygen atoms in total. The molecule has 3 rings (SSSR count). The van der Waals surface area contributed by atoms with Crippen LogP contribution in [-0.4, -0.2) is 24.0 Å². The third-order valence-corrected chi connectivity index (χ3v) is 4.15. The van der Waals surface area contributed by atoms with Crippen LogP contribution in [0.4, 0.5) is 10.1 Å². The smallest absolute Gasteiger partial charge is 0.304 e. The highest BCUT2D eigenvalue weighted by Gasteiger charge is 2.47. The summed E-state index contributed by atoms with van der Waals surface area (Å²) in [5.74, 6) is -1.43. The molecule has 0 aromatic heterocycles. The van der Waals surface area contributed by atoms with Crippen LogP contribution in [0.15, 0.2) is 12.1 Å². The van der Waals surface area contributed by atoms with Gasteiger partial charge in [-0.1, -0.05) is 6.07 Å². The molecular formula is C14H14FNO3. The van der Waals surface area contributed by atoms with Crippen molar-refractivity contribution < 1.29 is 19.1 Å². The van der Waals surface area contributed by atoms with Crippen molar-refractivity contribution in [2.24, 2.45) is 0 Å². The van der Waals surface area contributed by atoms with Gasteiger partial charge in [-0.2, -0.15) is 0 Å². The van der Waals surface area contributed by atoms with E-state index in [1.165, 1.54) is 11.0 Å². The molecule has 1 aliphatic heterocycles. The third kappa shape index (κ3) is 1.80. The zero-order chi connectivity index (χ0) is 13.8. The molecular weight excluding hydrogens is 249 g/mol. The maximum absolute atomic E-state index is 14.1. The number of hydrogen-bond acceptors (Lipinski definition) is 2. The Morgan fingerprint density at radius 2 is 2.16 bits per heavy atom. The van der Waals surface area contributed by atoms with E-state index in [0.29, 0.717) is 16.8 Å². The molecule has 1 N–H and O–H groups in total. The summed E-state index contributed by atoms with van der Waals surface area (Å²) in [6, 6.07) is 3.19. The van der Waals surface area contributed by atoms with Crippen molar-refractivity contribution in [3.8, 4) is 0 Å². The number of hydrogen-bond donors (Lipinski definition) is 1. The lowest BCUT2D eigenvalue weighted by Crippen LogP contribution is -2.21. The molecule has 0 radical (unpaired) electrons. The summed E-state index contributed by atoms with van der Waals surface area (Å²) in [6.07, 6.45) is 1.75. The molecule has 5 heteroatoms. The summed E-state index contributed by atoms with van der Waals surface area (Å²) >= 11 is 0. The van der Waals surface area contributed by atoms with Gasteiger partial charge in [0, 0.05) is 12.5 Å². The first-order valence-corrected chi connectivity index (χ1v) is 6.24. The fourth-order valence-electron chi connectivity index (χ4n) is 2.89. The maximum atomic E-state index is 14.1. The van der Waals surface area contributed by atoms with Crippen molar-refractivity contribution in [1.29, 1.82) is 0 Å². The average Bonchev–Trinajstić information content (AvgIpc) is 3.01. The second-order valence-corrected chi connectivity index (χ2v) is 5.45. The molecule has 2 aliphatic rings. The van der Waals surface area contributed by atoms with Crippen molar-refractivity contribution in [3.05, 3.63) is 29.1 Å². The zero-order valence-corrected chi connectivity index (χ0v) is 10.6. The highest BCUT2D eigenvalue weighted by molar-refractivity contribution is 6.01. The normalized spacial score (nSPS) is 19.5. The number of benzene rings is 1. The van der Waals surface area contributed by atoms with Gasteiger partial charge in [0.1, 0.15) is 5.82 Å². The Hall–Kier alpha value is -1.91. The third-order valence-electron chi connectivity index (χ3n) is 4.15. The van der Waals surface area contributed by atoms with Crippen molar-refractivity contribution in [1.82, 2.24) is 0 Å². The molecule has 1 fully saturated rings. The van der Waals surface area contributed by atoms with Gasteiger partial charge in [0.25, 0.3) is 0 Å². The van der Waals surface area contributed by atoms with E-state index in [2.05, 4.69) is 0 Å². The Kier molecular flexibility index (Phi) is 2.42. The Morgan fingerprint density at radius 1 is 1.47 bits per heavy atom. The van der Waals surface area contributed by atoms with E-state index in [9.17, 15) is 14.0 Å². The highest BCUT2D eigenvalue weighted by atomic mass is 19.1. The Morgan fingerprint density at radius 3 is 2.74 bits per heavy atom. The molecule has 100 valence electrons. The van der Waals surface area contributed by atoms with E-state index in [4.69, 9.17) is 5.11 Å². The fourth-order valence-corrected chi connectivity index (χ4v) is 2.89. The van der Waals surface area contributed by atoms with Gasteiger partial charge in [-0.25, -0.2) is 4.39 Å². The summed E-state index contributed by atoms with van der Waals surface area (Å²) in [5.41, 5.74) is 1.29. The van der Waals surface area contributed by atoms with Gasteiger partial charge in [-0.3, -0.25) is 9.59 Å². The molecule has 1 amide bonds. The lowest BCUT2D eigenvalue weighted by atomic mass is 9.90. The first kappa shape index (κ1) is 12.1. The number of halogens is 1. The Labute approximate surface area is 109 Å². The number of carbonyl (C=O) groups excluding carboxylic acids is 1. The molecule has 0 atom stereocenters. The predicted molar refractivity (Wildman–Crippen MR) is 66.7 cm³/mol. The van der Waals surface area contributed by atoms with Crippen LogP contribution in [-0.2, 0) is 21.4 Å². The molecule has 1 aromatic rings. The van der Waals surface area contributed by atoms with Gasteiger partial charge in [0.15, 0.2) is 0 Å². The van der Waals surface area contributed by atoms with Gasteiger partial charge in [0.05, 0.1) is 18.5 Å². The highest BCUT2D eigenvalue weighted by Crippen LogP contribution is 2.52. The van der Waals surface area contributed by atoms with Crippen LogP contribution in [0, 0.1) is 5.82 Å². The SMILES string of the molecule is CN1C(=O)Cc2cc(C3(CC(=O)O)CC3)cc(F)c21. The summed E-state index contributed by atoms with van der Waals surface area (Å²) in [5, 5.41) is 8.94. The molecule has 1 heterocycles. The molecule has 1 saturated carbocycles. The number of likely N-dealkylation sites (N-methyl/N-ethyl adjacent to an activating group) is 1. The van der Waals surface area contributed by atoms with Gasteiger partial charge in [0.2, 0.25) is 5.91 Å². The van der Waals surface area contributed by atoms with Crippen LogP contribution >= 0.6 is 0 Å². The number of carbonyl (C=O) groups is 2. The van der Waals surface area contributed by atoms with E-state index in [0.717, 1.165) is 12.8 Å². The van der Waals surface area contributed by atoms with Crippen LogP contribution in [0.3, 0.4) is 0 Å². The molecule has 0 spiro atoms. The van der Waals surface area contributed by atoms with E-state index in [1.807, 2.05) is 0 Å². The van der Waals surface area contributed by atoms with Crippen LogP contribution in [0.1, 0.15) is 30.4 Å². The second kappa shape index (κ2) is 3.79. The molecule has 0 unspecified atom stereocenters. The molecule has 1 aliphatic carbocycles. The van der Waals surface area contributed by atoms with Gasteiger partial charge in [-0.05, 0) is 30.0 Å². The van der Waals surface area contributed by atoms with E-state index < -0.39 is 17.2 Å². The summed E-state index contributed by atoms with van der Waals surface area (Å²) < 4.78 is 14.1. The molecule has 0 saturated heterocycles. The minimum Gasteiger partial charge on any atom is -0.481 e. The minimum atomic E-state index is -0.869. The number of aliphatic carboxylic acids is 1. The maximum Gasteiger partial charge on any atom is 0.304 e. The lowest BCUT2D eigenvalue weighted by molar-refractivity contribution is -0.137. The Bertz CT molecular complexity index is 593. The van der Waals surface area contributed by atoms with Crippen LogP contribution in [0.5, 0.6) is 0 Å². The number of rotatable bonds is 3.